The number of aromatic hydroxyl groups is 1. The third-order valence-corrected chi connectivity index (χ3v) is 12.3. The number of para-hydroxylation sites is 1. The van der Waals surface area contributed by atoms with Crippen molar-refractivity contribution in [2.24, 2.45) is 17.8 Å². The largest absolute Gasteiger partial charge is 0.507 e. The van der Waals surface area contributed by atoms with E-state index in [4.69, 9.17) is 23.2 Å². The van der Waals surface area contributed by atoms with Gasteiger partial charge in [0.15, 0.2) is 33.0 Å². The van der Waals surface area contributed by atoms with Gasteiger partial charge in [-0.25, -0.2) is 26.9 Å². The summed E-state index contributed by atoms with van der Waals surface area (Å²) in [6.45, 7) is 3.67. The highest BCUT2D eigenvalue weighted by Crippen LogP contribution is 2.67. The molecule has 6 atom stereocenters. The minimum atomic E-state index is -2.74. The second-order valence-electron chi connectivity index (χ2n) is 12.5. The summed E-state index contributed by atoms with van der Waals surface area (Å²) in [5.74, 6) is -21.9. The zero-order valence-electron chi connectivity index (χ0n) is 25.3. The van der Waals surface area contributed by atoms with Crippen molar-refractivity contribution in [3.05, 3.63) is 111 Å². The van der Waals surface area contributed by atoms with Gasteiger partial charge in [-0.3, -0.25) is 24.1 Å². The lowest BCUT2D eigenvalue weighted by Crippen LogP contribution is -2.60. The van der Waals surface area contributed by atoms with E-state index >= 15 is 8.78 Å². The number of hydrogen-bond acceptors (Lipinski definition) is 5. The molecule has 0 bridgehead atoms. The molecule has 0 radical (unpaired) electrons. The molecule has 7 rings (SSSR count). The molecule has 0 aromatic heterocycles. The summed E-state index contributed by atoms with van der Waals surface area (Å²) >= 11 is 16.4. The molecular formula is C35H22Cl2F5IN2O5. The van der Waals surface area contributed by atoms with E-state index in [0.29, 0.717) is 5.56 Å². The Morgan fingerprint density at radius 1 is 0.860 bits per heavy atom. The fourth-order valence-electron chi connectivity index (χ4n) is 7.92. The predicted molar refractivity (Wildman–Crippen MR) is 180 cm³/mol. The van der Waals surface area contributed by atoms with E-state index in [1.807, 2.05) is 0 Å². The molecule has 50 heavy (non-hydrogen) atoms. The Morgan fingerprint density at radius 2 is 1.48 bits per heavy atom. The molecule has 7 nitrogen and oxygen atoms in total. The van der Waals surface area contributed by atoms with Crippen LogP contribution in [0, 0.1) is 50.4 Å². The molecule has 4 amide bonds. The van der Waals surface area contributed by atoms with Gasteiger partial charge < -0.3 is 5.11 Å². The van der Waals surface area contributed by atoms with Gasteiger partial charge in [-0.05, 0) is 77.6 Å². The molecule has 3 aromatic rings. The number of hydrogen-bond donors (Lipinski definition) is 1. The lowest BCUT2D eigenvalue weighted by molar-refractivity contribution is -0.125. The first-order valence-corrected chi connectivity index (χ1v) is 17.0. The topological polar surface area (TPSA) is 95.0 Å². The molecule has 0 unspecified atom stereocenters. The van der Waals surface area contributed by atoms with Crippen LogP contribution in [-0.2, 0) is 25.6 Å². The molecule has 3 fully saturated rings. The number of fused-ring (bicyclic) bond motifs is 4. The van der Waals surface area contributed by atoms with Crippen LogP contribution >= 0.6 is 45.8 Å². The predicted octanol–water partition coefficient (Wildman–Crippen LogP) is 7.19. The van der Waals surface area contributed by atoms with Crippen molar-refractivity contribution in [3.63, 3.8) is 0 Å². The summed E-state index contributed by atoms with van der Waals surface area (Å²) in [6.07, 6.45) is 2.49. The molecule has 2 aliphatic heterocycles. The summed E-state index contributed by atoms with van der Waals surface area (Å²) < 4.78 is 74.3. The summed E-state index contributed by atoms with van der Waals surface area (Å²) in [7, 11) is 0. The van der Waals surface area contributed by atoms with Gasteiger partial charge in [-0.1, -0.05) is 35.9 Å². The van der Waals surface area contributed by atoms with Gasteiger partial charge in [0.05, 0.1) is 17.5 Å². The maximum Gasteiger partial charge on any atom is 0.258 e. The van der Waals surface area contributed by atoms with E-state index in [-0.39, 0.29) is 34.6 Å². The second kappa shape index (κ2) is 11.9. The lowest BCUT2D eigenvalue weighted by atomic mass is 9.56. The number of rotatable bonds is 5. The minimum Gasteiger partial charge on any atom is -0.507 e. The Balaban J connectivity index is 1.45. The lowest BCUT2D eigenvalue weighted by Gasteiger charge is -2.50. The fraction of sp³-hybridized carbons (Fsp3) is 0.257. The van der Waals surface area contributed by atoms with Crippen LogP contribution in [0.5, 0.6) is 5.75 Å². The highest BCUT2D eigenvalue weighted by molar-refractivity contribution is 14.1. The number of nitrogens with zero attached hydrogens (tertiary/aromatic N) is 2. The van der Waals surface area contributed by atoms with Crippen LogP contribution in [0.15, 0.2) is 66.8 Å². The number of alkyl halides is 2. The van der Waals surface area contributed by atoms with Gasteiger partial charge >= 0.3 is 0 Å². The SMILES string of the molecule is C=CCc1cccc([C@H]2C3=CC[C@@H]4C(=O)N(c5ccc(I)cc5)C(=O)[C@@H]4[C@@H]3C[C@@]3(Cl)C(=O)N(c4c(F)c(F)c(F)c(F)c4F)C(=O)[C@@]23Cl)c1O. The van der Waals surface area contributed by atoms with Crippen molar-refractivity contribution in [1.29, 1.82) is 0 Å². The van der Waals surface area contributed by atoms with Gasteiger partial charge in [0.2, 0.25) is 17.6 Å². The van der Waals surface area contributed by atoms with Crippen molar-refractivity contribution >= 4 is 80.8 Å². The van der Waals surface area contributed by atoms with Crippen molar-refractivity contribution in [1.82, 2.24) is 0 Å². The molecule has 15 heteroatoms. The van der Waals surface area contributed by atoms with Gasteiger partial charge in [-0.2, -0.15) is 0 Å². The maximum absolute atomic E-state index is 15.2. The van der Waals surface area contributed by atoms with Crippen LogP contribution in [-0.4, -0.2) is 38.5 Å². The summed E-state index contributed by atoms with van der Waals surface area (Å²) in [6, 6.07) is 11.0. The van der Waals surface area contributed by atoms with E-state index in [2.05, 4.69) is 29.2 Å². The van der Waals surface area contributed by atoms with E-state index in [0.717, 1.165) is 8.47 Å². The number of benzene rings is 3. The number of allylic oxidation sites excluding steroid dienone is 3. The summed E-state index contributed by atoms with van der Waals surface area (Å²) in [5.41, 5.74) is -1.11. The highest BCUT2D eigenvalue weighted by atomic mass is 127. The first-order valence-electron chi connectivity index (χ1n) is 15.1. The Kier molecular flexibility index (Phi) is 8.22. The number of phenols is 1. The molecule has 2 saturated heterocycles. The van der Waals surface area contributed by atoms with Crippen molar-refractivity contribution in [3.8, 4) is 5.75 Å². The normalized spacial score (nSPS) is 28.8. The Labute approximate surface area is 304 Å². The van der Waals surface area contributed by atoms with Crippen LogP contribution in [0.2, 0.25) is 0 Å². The molecule has 3 aromatic carbocycles. The van der Waals surface area contributed by atoms with Gasteiger partial charge in [0.1, 0.15) is 11.4 Å². The van der Waals surface area contributed by atoms with Crippen molar-refractivity contribution < 1.29 is 46.2 Å². The van der Waals surface area contributed by atoms with Crippen molar-refractivity contribution in [2.75, 3.05) is 9.80 Å². The third-order valence-electron chi connectivity index (χ3n) is 10.1. The van der Waals surface area contributed by atoms with E-state index in [1.54, 1.807) is 36.4 Å². The highest BCUT2D eigenvalue weighted by Gasteiger charge is 2.77. The average molecular weight is 843 g/mol. The standard InChI is InChI=1S/C35H22Cl2F5IN2O5/c1-2-4-14-5-3-6-19(29(14)46)22-17-11-12-18-21(31(48)44(30(18)47)16-9-7-15(43)8-10-16)20(17)13-34(36)32(49)45(33(50)35(22,34)37)28-26(41)24(39)23(38)25(40)27(28)42/h2-3,5-11,18,20-22,46H,1,4,12-13H2/t18-,20+,21-,22+,34+,35-/m0/s1. The molecule has 1 N–H and O–H groups in total. The summed E-state index contributed by atoms with van der Waals surface area (Å²) in [5, 5.41) is 11.5. The first kappa shape index (κ1) is 34.6. The first-order chi connectivity index (χ1) is 23.6. The number of imide groups is 2. The molecule has 2 aliphatic carbocycles. The molecule has 1 saturated carbocycles. The second-order valence-corrected chi connectivity index (χ2v) is 15.0. The number of anilines is 2. The van der Waals surface area contributed by atoms with Crippen LogP contribution in [0.25, 0.3) is 0 Å². The quantitative estimate of drug-likeness (QED) is 0.0559. The Bertz CT molecular complexity index is 2090. The van der Waals surface area contributed by atoms with Gasteiger partial charge in [-0.15, -0.1) is 29.8 Å². The zero-order valence-corrected chi connectivity index (χ0v) is 29.0. The average Bonchev–Trinajstić information content (AvgIpc) is 3.43. The van der Waals surface area contributed by atoms with Gasteiger partial charge in [0.25, 0.3) is 11.8 Å². The van der Waals surface area contributed by atoms with Crippen LogP contribution in [0.1, 0.15) is 29.9 Å². The van der Waals surface area contributed by atoms with Crippen LogP contribution in [0.3, 0.4) is 0 Å². The molecule has 258 valence electrons. The monoisotopic (exact) mass is 842 g/mol. The van der Waals surface area contributed by atoms with Gasteiger partial charge in [0, 0.05) is 15.1 Å². The van der Waals surface area contributed by atoms with Crippen LogP contribution < -0.4 is 9.80 Å². The van der Waals surface area contributed by atoms with E-state index in [1.165, 1.54) is 18.2 Å². The smallest absolute Gasteiger partial charge is 0.258 e. The number of carbonyl (C=O) groups excluding carboxylic acids is 4. The molecule has 2 heterocycles. The number of halogens is 8. The van der Waals surface area contributed by atoms with E-state index in [9.17, 15) is 37.5 Å². The minimum absolute atomic E-state index is 0.0305. The maximum atomic E-state index is 15.2. The summed E-state index contributed by atoms with van der Waals surface area (Å²) in [4.78, 5) is 52.1. The Morgan fingerprint density at radius 3 is 2.10 bits per heavy atom. The third kappa shape index (κ3) is 4.44. The van der Waals surface area contributed by atoms with Crippen molar-refractivity contribution in [2.45, 2.75) is 34.9 Å². The molecular weight excluding hydrogens is 821 g/mol. The zero-order chi connectivity index (χ0) is 36.2. The van der Waals surface area contributed by atoms with Crippen LogP contribution in [0.4, 0.5) is 33.3 Å². The van der Waals surface area contributed by atoms with E-state index < -0.39 is 104 Å². The fourth-order valence-corrected chi connectivity index (χ4v) is 9.21. The number of amides is 4. The Hall–Kier alpha value is -3.82. The number of carbonyl (C=O) groups is 4. The number of phenolic OH excluding ortho intramolecular Hbond substituents is 1. The molecule has 4 aliphatic rings. The molecule has 0 spiro atoms.